The first-order valence-electron chi connectivity index (χ1n) is 6.75. The Hall–Kier alpha value is -1.71. The highest BCUT2D eigenvalue weighted by Crippen LogP contribution is 2.26. The predicted molar refractivity (Wildman–Crippen MR) is 88.2 cm³/mol. The molecule has 0 atom stereocenters. The fraction of sp³-hybridized carbons (Fsp3) is 0.235. The summed E-state index contributed by atoms with van der Waals surface area (Å²) in [5.41, 5.74) is 2.29. The number of methoxy groups -OCH3 is 2. The average molecular weight is 339 g/mol. The summed E-state index contributed by atoms with van der Waals surface area (Å²) in [6, 6.07) is 10.9. The summed E-state index contributed by atoms with van der Waals surface area (Å²) >= 11 is 12.1. The molecule has 0 bridgehead atoms. The minimum atomic E-state index is -0.408. The summed E-state index contributed by atoms with van der Waals surface area (Å²) in [6.07, 6.45) is 1.33. The van der Waals surface area contributed by atoms with Crippen LogP contribution >= 0.6 is 23.2 Å². The van der Waals surface area contributed by atoms with Crippen LogP contribution in [0, 0.1) is 0 Å². The molecule has 0 amide bonds. The van der Waals surface area contributed by atoms with E-state index in [4.69, 9.17) is 32.7 Å². The van der Waals surface area contributed by atoms with Gasteiger partial charge in [-0.25, -0.2) is 4.79 Å². The van der Waals surface area contributed by atoms with Gasteiger partial charge in [-0.1, -0.05) is 41.4 Å². The molecule has 0 aliphatic carbocycles. The molecular weight excluding hydrogens is 323 g/mol. The third-order valence-corrected chi connectivity index (χ3v) is 3.99. The van der Waals surface area contributed by atoms with Crippen molar-refractivity contribution in [3.63, 3.8) is 0 Å². The van der Waals surface area contributed by atoms with Crippen LogP contribution in [0.2, 0.25) is 10.0 Å². The van der Waals surface area contributed by atoms with Crippen LogP contribution in [-0.4, -0.2) is 20.2 Å². The topological polar surface area (TPSA) is 35.5 Å². The maximum Gasteiger partial charge on any atom is 0.341 e. The van der Waals surface area contributed by atoms with Gasteiger partial charge in [-0.15, -0.1) is 0 Å². The van der Waals surface area contributed by atoms with Crippen molar-refractivity contribution in [1.29, 1.82) is 0 Å². The molecule has 0 spiro atoms. The minimum absolute atomic E-state index is 0.408. The van der Waals surface area contributed by atoms with Crippen molar-refractivity contribution < 1.29 is 14.3 Å². The van der Waals surface area contributed by atoms with Gasteiger partial charge in [0.1, 0.15) is 11.3 Å². The Kier molecular flexibility index (Phi) is 5.69. The van der Waals surface area contributed by atoms with Gasteiger partial charge in [0.25, 0.3) is 0 Å². The van der Waals surface area contributed by atoms with Crippen LogP contribution in [0.25, 0.3) is 0 Å². The van der Waals surface area contributed by atoms with Gasteiger partial charge in [0.05, 0.1) is 14.2 Å². The molecule has 0 N–H and O–H groups in total. The molecule has 116 valence electrons. The molecule has 2 aromatic carbocycles. The summed E-state index contributed by atoms with van der Waals surface area (Å²) in [7, 11) is 2.89. The average Bonchev–Trinajstić information content (AvgIpc) is 2.52. The molecule has 0 aliphatic rings. The van der Waals surface area contributed by atoms with Gasteiger partial charge in [0.15, 0.2) is 0 Å². The van der Waals surface area contributed by atoms with Crippen LogP contribution in [0.5, 0.6) is 5.75 Å². The summed E-state index contributed by atoms with van der Waals surface area (Å²) < 4.78 is 10.1. The van der Waals surface area contributed by atoms with Gasteiger partial charge < -0.3 is 9.47 Å². The second-order valence-corrected chi connectivity index (χ2v) is 5.57. The van der Waals surface area contributed by atoms with Crippen molar-refractivity contribution in [3.8, 4) is 5.75 Å². The number of carbonyl (C=O) groups is 1. The van der Waals surface area contributed by atoms with E-state index in [0.29, 0.717) is 34.2 Å². The van der Waals surface area contributed by atoms with Gasteiger partial charge in [-0.2, -0.15) is 0 Å². The van der Waals surface area contributed by atoms with E-state index in [0.717, 1.165) is 11.1 Å². The van der Waals surface area contributed by atoms with Gasteiger partial charge in [-0.05, 0) is 42.2 Å². The third-order valence-electron chi connectivity index (χ3n) is 3.40. The predicted octanol–water partition coefficient (Wildman–Crippen LogP) is 4.57. The zero-order chi connectivity index (χ0) is 16.1. The highest BCUT2D eigenvalue weighted by molar-refractivity contribution is 6.35. The molecule has 0 aromatic heterocycles. The Bertz CT molecular complexity index is 684. The molecular formula is C17H16Cl2O3. The maximum atomic E-state index is 12.0. The number of ether oxygens (including phenoxy) is 2. The molecule has 2 rings (SSSR count). The second-order valence-electron chi connectivity index (χ2n) is 4.72. The van der Waals surface area contributed by atoms with Crippen molar-refractivity contribution >= 4 is 29.2 Å². The highest BCUT2D eigenvalue weighted by Gasteiger charge is 2.17. The molecule has 22 heavy (non-hydrogen) atoms. The van der Waals surface area contributed by atoms with Crippen molar-refractivity contribution in [2.24, 2.45) is 0 Å². The first kappa shape index (κ1) is 16.7. The molecule has 0 aliphatic heterocycles. The van der Waals surface area contributed by atoms with Gasteiger partial charge in [0.2, 0.25) is 0 Å². The largest absolute Gasteiger partial charge is 0.496 e. The van der Waals surface area contributed by atoms with Crippen LogP contribution in [0.3, 0.4) is 0 Å². The van der Waals surface area contributed by atoms with Crippen molar-refractivity contribution in [1.82, 2.24) is 0 Å². The van der Waals surface area contributed by atoms with E-state index in [9.17, 15) is 4.79 Å². The number of hydrogen-bond donors (Lipinski definition) is 0. The first-order valence-corrected chi connectivity index (χ1v) is 7.50. The van der Waals surface area contributed by atoms with E-state index in [1.807, 2.05) is 18.2 Å². The molecule has 0 fully saturated rings. The number of hydrogen-bond acceptors (Lipinski definition) is 3. The number of carbonyl (C=O) groups excluding carboxylic acids is 1. The van der Waals surface area contributed by atoms with Crippen LogP contribution in [0.15, 0.2) is 36.4 Å². The van der Waals surface area contributed by atoms with Crippen LogP contribution in [-0.2, 0) is 17.6 Å². The van der Waals surface area contributed by atoms with E-state index in [-0.39, 0.29) is 0 Å². The number of aryl methyl sites for hydroxylation is 2. The lowest BCUT2D eigenvalue weighted by molar-refractivity contribution is 0.0596. The van der Waals surface area contributed by atoms with E-state index in [2.05, 4.69) is 0 Å². The number of rotatable bonds is 5. The number of benzene rings is 2. The molecule has 0 unspecified atom stereocenters. The molecule has 3 nitrogen and oxygen atoms in total. The SMILES string of the molecule is COC(=O)c1c(CCc2ccc(Cl)cc2Cl)cccc1OC. The zero-order valence-corrected chi connectivity index (χ0v) is 13.9. The van der Waals surface area contributed by atoms with E-state index in [1.165, 1.54) is 14.2 Å². The third kappa shape index (κ3) is 3.73. The fourth-order valence-corrected chi connectivity index (χ4v) is 2.79. The van der Waals surface area contributed by atoms with Gasteiger partial charge >= 0.3 is 5.97 Å². The summed E-state index contributed by atoms with van der Waals surface area (Å²) in [4.78, 5) is 12.0. The van der Waals surface area contributed by atoms with Gasteiger partial charge in [-0.3, -0.25) is 0 Å². The van der Waals surface area contributed by atoms with E-state index < -0.39 is 5.97 Å². The molecule has 5 heteroatoms. The fourth-order valence-electron chi connectivity index (χ4n) is 2.28. The summed E-state index contributed by atoms with van der Waals surface area (Å²) in [5, 5.41) is 1.22. The quantitative estimate of drug-likeness (QED) is 0.749. The summed E-state index contributed by atoms with van der Waals surface area (Å²) in [5.74, 6) is 0.0983. The monoisotopic (exact) mass is 338 g/mol. The van der Waals surface area contributed by atoms with Crippen LogP contribution in [0.4, 0.5) is 0 Å². The lowest BCUT2D eigenvalue weighted by Gasteiger charge is -2.12. The Morgan fingerprint density at radius 1 is 1.05 bits per heavy atom. The molecule has 0 radical (unpaired) electrons. The molecule has 0 saturated carbocycles. The smallest absolute Gasteiger partial charge is 0.341 e. The van der Waals surface area contributed by atoms with Crippen molar-refractivity contribution in [2.75, 3.05) is 14.2 Å². The lowest BCUT2D eigenvalue weighted by Crippen LogP contribution is -2.09. The highest BCUT2D eigenvalue weighted by atomic mass is 35.5. The Morgan fingerprint density at radius 2 is 1.77 bits per heavy atom. The summed E-state index contributed by atoms with van der Waals surface area (Å²) in [6.45, 7) is 0. The molecule has 2 aromatic rings. The zero-order valence-electron chi connectivity index (χ0n) is 12.4. The number of halogens is 2. The Morgan fingerprint density at radius 3 is 2.41 bits per heavy atom. The first-order chi connectivity index (χ1) is 10.6. The molecule has 0 heterocycles. The van der Waals surface area contributed by atoms with Crippen molar-refractivity contribution in [3.05, 3.63) is 63.1 Å². The van der Waals surface area contributed by atoms with Crippen LogP contribution in [0.1, 0.15) is 21.5 Å². The Labute approximate surface area is 139 Å². The van der Waals surface area contributed by atoms with E-state index in [1.54, 1.807) is 18.2 Å². The standard InChI is InChI=1S/C17H16Cl2O3/c1-21-15-5-3-4-12(16(15)17(20)22-2)7-6-11-8-9-13(18)10-14(11)19/h3-5,8-10H,6-7H2,1-2H3. The van der Waals surface area contributed by atoms with Gasteiger partial charge in [0, 0.05) is 10.0 Å². The lowest BCUT2D eigenvalue weighted by atomic mass is 9.99. The maximum absolute atomic E-state index is 12.0. The Balaban J connectivity index is 2.27. The molecule has 0 saturated heterocycles. The normalized spacial score (nSPS) is 10.4. The van der Waals surface area contributed by atoms with Crippen LogP contribution < -0.4 is 4.74 Å². The van der Waals surface area contributed by atoms with E-state index >= 15 is 0 Å². The minimum Gasteiger partial charge on any atom is -0.496 e. The second kappa shape index (κ2) is 7.52. The van der Waals surface area contributed by atoms with Crippen molar-refractivity contribution in [2.45, 2.75) is 12.8 Å². The number of esters is 1.